The number of carboxylic acid groups (broad SMARTS) is 1. The monoisotopic (exact) mass is 285 g/mol. The Balaban J connectivity index is 1.92. The lowest BCUT2D eigenvalue weighted by Crippen LogP contribution is -2.23. The first kappa shape index (κ1) is 13.3. The van der Waals surface area contributed by atoms with Crippen molar-refractivity contribution in [3.63, 3.8) is 0 Å². The standard InChI is InChI=1S/C11H11NO6S/c13-10(4-19(16)5-11(14)15)12-7-1-2-8-9(3-7)18-6-17-8/h1-3H,4-6H2,(H,12,13)(H,14,15)/t19-/m0/s1. The van der Waals surface area contributed by atoms with E-state index in [0.717, 1.165) is 0 Å². The summed E-state index contributed by atoms with van der Waals surface area (Å²) in [4.78, 5) is 21.9. The fourth-order valence-corrected chi connectivity index (χ4v) is 2.25. The molecule has 0 aromatic heterocycles. The van der Waals surface area contributed by atoms with Gasteiger partial charge in [-0.1, -0.05) is 0 Å². The maximum absolute atomic E-state index is 11.5. The predicted molar refractivity (Wildman–Crippen MR) is 66.7 cm³/mol. The van der Waals surface area contributed by atoms with Gasteiger partial charge in [-0.05, 0) is 12.1 Å². The van der Waals surface area contributed by atoms with E-state index in [2.05, 4.69) is 5.32 Å². The lowest BCUT2D eigenvalue weighted by atomic mass is 10.3. The van der Waals surface area contributed by atoms with Crippen LogP contribution in [0.15, 0.2) is 18.2 Å². The Morgan fingerprint density at radius 2 is 2.00 bits per heavy atom. The molecule has 0 saturated carbocycles. The summed E-state index contributed by atoms with van der Waals surface area (Å²) in [6.45, 7) is 0.134. The SMILES string of the molecule is O=C(O)C[S@@](=O)CC(=O)Nc1ccc2c(c1)OCO2. The zero-order chi connectivity index (χ0) is 13.8. The molecule has 0 unspecified atom stereocenters. The van der Waals surface area contributed by atoms with Gasteiger partial charge in [-0.15, -0.1) is 0 Å². The molecule has 1 amide bonds. The number of carbonyl (C=O) groups is 2. The number of ether oxygens (including phenoxy) is 2. The molecule has 1 atom stereocenters. The van der Waals surface area contributed by atoms with Gasteiger partial charge in [0.2, 0.25) is 12.7 Å². The third-order valence-corrected chi connectivity index (χ3v) is 3.39. The average Bonchev–Trinajstić information content (AvgIpc) is 2.74. The number of nitrogens with one attached hydrogen (secondary N) is 1. The van der Waals surface area contributed by atoms with E-state index in [0.29, 0.717) is 17.2 Å². The molecule has 0 bridgehead atoms. The Bertz CT molecular complexity index is 544. The molecule has 102 valence electrons. The number of carbonyl (C=O) groups excluding carboxylic acids is 1. The molecule has 0 aliphatic carbocycles. The van der Waals surface area contributed by atoms with Gasteiger partial charge in [-0.25, -0.2) is 0 Å². The Kier molecular flexibility index (Phi) is 4.00. The van der Waals surface area contributed by atoms with Gasteiger partial charge in [0.25, 0.3) is 0 Å². The number of amides is 1. The van der Waals surface area contributed by atoms with Crippen molar-refractivity contribution in [2.45, 2.75) is 0 Å². The Labute approximate surface area is 111 Å². The van der Waals surface area contributed by atoms with Gasteiger partial charge in [-0.3, -0.25) is 13.8 Å². The molecule has 1 aliphatic heterocycles. The minimum Gasteiger partial charge on any atom is -0.481 e. The number of fused-ring (bicyclic) bond motifs is 1. The molecule has 0 saturated heterocycles. The highest BCUT2D eigenvalue weighted by Crippen LogP contribution is 2.34. The second-order valence-corrected chi connectivity index (χ2v) is 5.20. The number of aliphatic carboxylic acids is 1. The van der Waals surface area contributed by atoms with Crippen molar-refractivity contribution in [3.8, 4) is 11.5 Å². The van der Waals surface area contributed by atoms with Crippen LogP contribution in [-0.2, 0) is 20.4 Å². The topological polar surface area (TPSA) is 102 Å². The summed E-state index contributed by atoms with van der Waals surface area (Å²) in [6, 6.07) is 4.85. The fraction of sp³-hybridized carbons (Fsp3) is 0.273. The first-order valence-corrected chi connectivity index (χ1v) is 6.79. The van der Waals surface area contributed by atoms with Crippen LogP contribution in [0.5, 0.6) is 11.5 Å². The number of hydrogen-bond donors (Lipinski definition) is 2. The van der Waals surface area contributed by atoms with Gasteiger partial charge in [-0.2, -0.15) is 0 Å². The molecule has 8 heteroatoms. The van der Waals surface area contributed by atoms with E-state index in [1.165, 1.54) is 0 Å². The molecule has 1 aromatic rings. The first-order chi connectivity index (χ1) is 9.04. The van der Waals surface area contributed by atoms with Gasteiger partial charge in [0.1, 0.15) is 11.5 Å². The number of benzene rings is 1. The van der Waals surface area contributed by atoms with Gasteiger partial charge < -0.3 is 19.9 Å². The predicted octanol–water partition coefficient (Wildman–Crippen LogP) is 0.187. The normalized spacial score (nSPS) is 13.9. The Morgan fingerprint density at radius 1 is 1.26 bits per heavy atom. The minimum absolute atomic E-state index is 0.134. The molecule has 2 N–H and O–H groups in total. The summed E-state index contributed by atoms with van der Waals surface area (Å²) in [6.07, 6.45) is 0. The van der Waals surface area contributed by atoms with Crippen LogP contribution in [0.1, 0.15) is 0 Å². The van der Waals surface area contributed by atoms with Crippen molar-refractivity contribution in [3.05, 3.63) is 18.2 Å². The van der Waals surface area contributed by atoms with Gasteiger partial charge in [0.05, 0.1) is 0 Å². The van der Waals surface area contributed by atoms with Crippen LogP contribution >= 0.6 is 0 Å². The Morgan fingerprint density at radius 3 is 2.74 bits per heavy atom. The molecule has 0 radical (unpaired) electrons. The van der Waals surface area contributed by atoms with Gasteiger partial charge >= 0.3 is 5.97 Å². The van der Waals surface area contributed by atoms with Crippen LogP contribution < -0.4 is 14.8 Å². The largest absolute Gasteiger partial charge is 0.481 e. The highest BCUT2D eigenvalue weighted by atomic mass is 32.2. The van der Waals surface area contributed by atoms with E-state index in [4.69, 9.17) is 14.6 Å². The first-order valence-electron chi connectivity index (χ1n) is 5.31. The molecule has 19 heavy (non-hydrogen) atoms. The van der Waals surface area contributed by atoms with Crippen molar-refractivity contribution < 1.29 is 28.4 Å². The summed E-state index contributed by atoms with van der Waals surface area (Å²) in [5, 5.41) is 11.0. The molecule has 7 nitrogen and oxygen atoms in total. The average molecular weight is 285 g/mol. The van der Waals surface area contributed by atoms with Crippen molar-refractivity contribution >= 4 is 28.4 Å². The third kappa shape index (κ3) is 3.68. The quantitative estimate of drug-likeness (QED) is 0.800. The highest BCUT2D eigenvalue weighted by molar-refractivity contribution is 7.86. The third-order valence-electron chi connectivity index (χ3n) is 2.23. The molecule has 1 heterocycles. The van der Waals surface area contributed by atoms with Crippen LogP contribution in [0.25, 0.3) is 0 Å². The van der Waals surface area contributed by atoms with E-state index in [1.807, 2.05) is 0 Å². The summed E-state index contributed by atoms with van der Waals surface area (Å²) in [5.41, 5.74) is 0.474. The second-order valence-electron chi connectivity index (χ2n) is 3.74. The number of anilines is 1. The molecule has 1 aromatic carbocycles. The maximum atomic E-state index is 11.5. The molecule has 1 aliphatic rings. The van der Waals surface area contributed by atoms with Crippen molar-refractivity contribution in [2.24, 2.45) is 0 Å². The minimum atomic E-state index is -1.72. The zero-order valence-corrected chi connectivity index (χ0v) is 10.6. The van der Waals surface area contributed by atoms with E-state index in [1.54, 1.807) is 18.2 Å². The van der Waals surface area contributed by atoms with Crippen LogP contribution in [0.2, 0.25) is 0 Å². The smallest absolute Gasteiger partial charge is 0.316 e. The maximum Gasteiger partial charge on any atom is 0.316 e. The lowest BCUT2D eigenvalue weighted by molar-refractivity contribution is -0.133. The highest BCUT2D eigenvalue weighted by Gasteiger charge is 2.15. The lowest BCUT2D eigenvalue weighted by Gasteiger charge is -2.05. The molecular formula is C11H11NO6S. The molecule has 0 spiro atoms. The van der Waals surface area contributed by atoms with Crippen LogP contribution in [-0.4, -0.2) is 39.5 Å². The van der Waals surface area contributed by atoms with E-state index < -0.39 is 28.4 Å². The zero-order valence-electron chi connectivity index (χ0n) is 9.75. The van der Waals surface area contributed by atoms with Gasteiger partial charge in [0, 0.05) is 22.6 Å². The van der Waals surface area contributed by atoms with E-state index >= 15 is 0 Å². The fourth-order valence-electron chi connectivity index (χ4n) is 1.51. The Hall–Kier alpha value is -2.09. The van der Waals surface area contributed by atoms with E-state index in [-0.39, 0.29) is 12.5 Å². The molecule has 0 fully saturated rings. The number of carboxylic acids is 1. The number of rotatable bonds is 5. The summed E-state index contributed by atoms with van der Waals surface area (Å²) < 4.78 is 21.5. The number of hydrogen-bond acceptors (Lipinski definition) is 5. The van der Waals surface area contributed by atoms with Crippen LogP contribution in [0, 0.1) is 0 Å². The van der Waals surface area contributed by atoms with Crippen molar-refractivity contribution in [1.29, 1.82) is 0 Å². The summed E-state index contributed by atoms with van der Waals surface area (Å²) in [5.74, 6) is -1.51. The van der Waals surface area contributed by atoms with Crippen LogP contribution in [0.4, 0.5) is 5.69 Å². The van der Waals surface area contributed by atoms with Crippen molar-refractivity contribution in [2.75, 3.05) is 23.6 Å². The molecular weight excluding hydrogens is 274 g/mol. The molecule has 2 rings (SSSR count). The summed E-state index contributed by atoms with van der Waals surface area (Å²) >= 11 is 0. The summed E-state index contributed by atoms with van der Waals surface area (Å²) in [7, 11) is -1.72. The second kappa shape index (κ2) is 5.70. The van der Waals surface area contributed by atoms with E-state index in [9.17, 15) is 13.8 Å². The van der Waals surface area contributed by atoms with Gasteiger partial charge in [0.15, 0.2) is 11.5 Å². The van der Waals surface area contributed by atoms with Crippen LogP contribution in [0.3, 0.4) is 0 Å². The van der Waals surface area contributed by atoms with Crippen molar-refractivity contribution in [1.82, 2.24) is 0 Å².